The summed E-state index contributed by atoms with van der Waals surface area (Å²) in [5.41, 5.74) is 2.46. The second kappa shape index (κ2) is 6.66. The highest BCUT2D eigenvalue weighted by Gasteiger charge is 2.42. The van der Waals surface area contributed by atoms with E-state index in [9.17, 15) is 9.18 Å². The molecule has 3 rings (SSSR count). The van der Waals surface area contributed by atoms with Crippen LogP contribution in [0.4, 0.5) is 10.1 Å². The quantitative estimate of drug-likeness (QED) is 0.789. The third-order valence-electron chi connectivity index (χ3n) is 4.63. The number of nitrogens with zero attached hydrogens (tertiary/aromatic N) is 2. The maximum atomic E-state index is 13.4. The Morgan fingerprint density at radius 1 is 1.28 bits per heavy atom. The lowest BCUT2D eigenvalue weighted by atomic mass is 9.81. The summed E-state index contributed by atoms with van der Waals surface area (Å²) >= 11 is 0. The number of ether oxygens (including phenoxy) is 1. The van der Waals surface area contributed by atoms with Crippen molar-refractivity contribution in [3.8, 4) is 0 Å². The van der Waals surface area contributed by atoms with Crippen molar-refractivity contribution in [1.29, 1.82) is 0 Å². The Labute approximate surface area is 146 Å². The molecule has 0 aliphatic carbocycles. The number of amides is 1. The first-order valence-electron chi connectivity index (χ1n) is 8.07. The van der Waals surface area contributed by atoms with E-state index >= 15 is 0 Å². The van der Waals surface area contributed by atoms with Gasteiger partial charge in [0.25, 0.3) is 0 Å². The SMILES string of the molecule is [C-]#[N+]c1ccc2c(c1)COC2(CCC(=O)N(C)C)c1ccc(F)cc1. The average molecular weight is 338 g/mol. The summed E-state index contributed by atoms with van der Waals surface area (Å²) in [6.45, 7) is 7.54. The van der Waals surface area contributed by atoms with Crippen molar-refractivity contribution < 1.29 is 13.9 Å². The molecule has 2 aromatic carbocycles. The molecule has 1 heterocycles. The smallest absolute Gasteiger partial charge is 0.222 e. The first-order valence-corrected chi connectivity index (χ1v) is 8.07. The molecule has 0 spiro atoms. The molecule has 1 atom stereocenters. The summed E-state index contributed by atoms with van der Waals surface area (Å²) in [7, 11) is 3.44. The molecule has 4 nitrogen and oxygen atoms in total. The third kappa shape index (κ3) is 3.13. The Balaban J connectivity index is 2.05. The Morgan fingerprint density at radius 2 is 2.00 bits per heavy atom. The number of hydrogen-bond acceptors (Lipinski definition) is 2. The van der Waals surface area contributed by atoms with E-state index in [1.54, 1.807) is 37.2 Å². The van der Waals surface area contributed by atoms with Crippen LogP contribution in [0.1, 0.15) is 29.5 Å². The normalized spacial score (nSPS) is 18.5. The predicted molar refractivity (Wildman–Crippen MR) is 92.6 cm³/mol. The first-order chi connectivity index (χ1) is 12.0. The van der Waals surface area contributed by atoms with Gasteiger partial charge in [0.1, 0.15) is 11.4 Å². The second-order valence-corrected chi connectivity index (χ2v) is 6.36. The standard InChI is InChI=1S/C20H19FN2O2/c1-22-17-8-9-18-14(12-17)13-25-20(18,11-10-19(24)23(2)3)15-4-6-16(21)7-5-15/h4-9,12H,10-11,13H2,2-3H3. The number of carbonyl (C=O) groups excluding carboxylic acids is 1. The number of benzene rings is 2. The molecular formula is C20H19FN2O2. The zero-order valence-electron chi connectivity index (χ0n) is 14.3. The van der Waals surface area contributed by atoms with Gasteiger partial charge in [-0.2, -0.15) is 0 Å². The van der Waals surface area contributed by atoms with Crippen molar-refractivity contribution in [2.24, 2.45) is 0 Å². The number of carbonyl (C=O) groups is 1. The largest absolute Gasteiger partial charge is 0.361 e. The fourth-order valence-corrected chi connectivity index (χ4v) is 3.26. The summed E-state index contributed by atoms with van der Waals surface area (Å²) in [5, 5.41) is 0. The molecule has 0 fully saturated rings. The van der Waals surface area contributed by atoms with Crippen LogP contribution in [-0.2, 0) is 21.7 Å². The van der Waals surface area contributed by atoms with Gasteiger partial charge in [0, 0.05) is 20.5 Å². The van der Waals surface area contributed by atoms with E-state index < -0.39 is 5.60 Å². The van der Waals surface area contributed by atoms with Gasteiger partial charge in [0.2, 0.25) is 5.91 Å². The predicted octanol–water partition coefficient (Wildman–Crippen LogP) is 4.02. The van der Waals surface area contributed by atoms with Crippen LogP contribution in [0.5, 0.6) is 0 Å². The van der Waals surface area contributed by atoms with Gasteiger partial charge in [-0.3, -0.25) is 4.79 Å². The Hall–Kier alpha value is -2.71. The van der Waals surface area contributed by atoms with E-state index in [0.717, 1.165) is 16.7 Å². The van der Waals surface area contributed by atoms with Crippen molar-refractivity contribution >= 4 is 11.6 Å². The maximum Gasteiger partial charge on any atom is 0.222 e. The molecular weight excluding hydrogens is 319 g/mol. The highest BCUT2D eigenvalue weighted by molar-refractivity contribution is 5.75. The van der Waals surface area contributed by atoms with Crippen LogP contribution in [0.25, 0.3) is 4.85 Å². The van der Waals surface area contributed by atoms with Crippen molar-refractivity contribution in [3.63, 3.8) is 0 Å². The van der Waals surface area contributed by atoms with Crippen molar-refractivity contribution in [1.82, 2.24) is 4.90 Å². The Bertz CT molecular complexity index is 840. The van der Waals surface area contributed by atoms with E-state index in [1.165, 1.54) is 12.1 Å². The zero-order chi connectivity index (χ0) is 18.0. The van der Waals surface area contributed by atoms with Crippen LogP contribution in [0.2, 0.25) is 0 Å². The van der Waals surface area contributed by atoms with Gasteiger partial charge in [-0.05, 0) is 35.2 Å². The highest BCUT2D eigenvalue weighted by atomic mass is 19.1. The summed E-state index contributed by atoms with van der Waals surface area (Å²) in [5.74, 6) is -0.304. The fourth-order valence-electron chi connectivity index (χ4n) is 3.26. The summed E-state index contributed by atoms with van der Waals surface area (Å²) in [6, 6.07) is 11.7. The van der Waals surface area contributed by atoms with Gasteiger partial charge in [0.05, 0.1) is 13.2 Å². The molecule has 1 aliphatic heterocycles. The molecule has 0 saturated heterocycles. The number of halogens is 1. The molecule has 1 amide bonds. The molecule has 128 valence electrons. The van der Waals surface area contributed by atoms with Crippen LogP contribution in [0, 0.1) is 12.4 Å². The fraction of sp³-hybridized carbons (Fsp3) is 0.300. The third-order valence-corrected chi connectivity index (χ3v) is 4.63. The molecule has 1 unspecified atom stereocenters. The van der Waals surface area contributed by atoms with Gasteiger partial charge in [-0.25, -0.2) is 9.24 Å². The molecule has 2 aromatic rings. The molecule has 0 radical (unpaired) electrons. The summed E-state index contributed by atoms with van der Waals surface area (Å²) in [6.07, 6.45) is 0.772. The van der Waals surface area contributed by atoms with Crippen molar-refractivity contribution in [2.75, 3.05) is 14.1 Å². The summed E-state index contributed by atoms with van der Waals surface area (Å²) in [4.78, 5) is 17.1. The van der Waals surface area contributed by atoms with Gasteiger partial charge in [0.15, 0.2) is 5.69 Å². The van der Waals surface area contributed by atoms with Crippen LogP contribution in [-0.4, -0.2) is 24.9 Å². The van der Waals surface area contributed by atoms with E-state index in [0.29, 0.717) is 25.1 Å². The van der Waals surface area contributed by atoms with E-state index in [2.05, 4.69) is 4.85 Å². The molecule has 0 bridgehead atoms. The minimum Gasteiger partial charge on any atom is -0.361 e. The monoisotopic (exact) mass is 338 g/mol. The molecule has 0 saturated carbocycles. The number of fused-ring (bicyclic) bond motifs is 1. The lowest BCUT2D eigenvalue weighted by Gasteiger charge is -2.31. The summed E-state index contributed by atoms with van der Waals surface area (Å²) < 4.78 is 19.5. The second-order valence-electron chi connectivity index (χ2n) is 6.36. The maximum absolute atomic E-state index is 13.4. The average Bonchev–Trinajstić information content (AvgIpc) is 2.99. The van der Waals surface area contributed by atoms with Gasteiger partial charge in [-0.15, -0.1) is 0 Å². The minimum atomic E-state index is -0.796. The molecule has 5 heteroatoms. The first kappa shape index (κ1) is 17.1. The topological polar surface area (TPSA) is 33.9 Å². The van der Waals surface area contributed by atoms with Gasteiger partial charge >= 0.3 is 0 Å². The Morgan fingerprint density at radius 3 is 2.64 bits per heavy atom. The van der Waals surface area contributed by atoms with E-state index in [-0.39, 0.29) is 11.7 Å². The highest BCUT2D eigenvalue weighted by Crippen LogP contribution is 2.46. The zero-order valence-corrected chi connectivity index (χ0v) is 14.3. The van der Waals surface area contributed by atoms with Crippen molar-refractivity contribution in [2.45, 2.75) is 25.0 Å². The van der Waals surface area contributed by atoms with Crippen LogP contribution < -0.4 is 0 Å². The number of hydrogen-bond donors (Lipinski definition) is 0. The van der Waals surface area contributed by atoms with Gasteiger partial charge in [-0.1, -0.05) is 30.3 Å². The minimum absolute atomic E-state index is 0.0105. The Kier molecular flexibility index (Phi) is 4.56. The van der Waals surface area contributed by atoms with Crippen LogP contribution >= 0.6 is 0 Å². The molecule has 0 N–H and O–H groups in total. The molecule has 1 aliphatic rings. The van der Waals surface area contributed by atoms with Crippen LogP contribution in [0.3, 0.4) is 0 Å². The lowest BCUT2D eigenvalue weighted by Crippen LogP contribution is -2.30. The molecule has 0 aromatic heterocycles. The molecule has 25 heavy (non-hydrogen) atoms. The van der Waals surface area contributed by atoms with Crippen molar-refractivity contribution in [3.05, 3.63) is 76.4 Å². The van der Waals surface area contributed by atoms with E-state index in [1.807, 2.05) is 12.1 Å². The lowest BCUT2D eigenvalue weighted by molar-refractivity contribution is -0.130. The van der Waals surface area contributed by atoms with Crippen LogP contribution in [0.15, 0.2) is 42.5 Å². The number of rotatable bonds is 4. The van der Waals surface area contributed by atoms with E-state index in [4.69, 9.17) is 11.3 Å². The van der Waals surface area contributed by atoms with Gasteiger partial charge < -0.3 is 9.64 Å².